The number of allylic oxidation sites excluding steroid dienone is 4. The van der Waals surface area contributed by atoms with Crippen molar-refractivity contribution in [2.75, 3.05) is 21.3 Å². The molecule has 2 aliphatic rings. The molecular formula is C15H29O3Ti-. The van der Waals surface area contributed by atoms with Gasteiger partial charge >= 0.3 is 0 Å². The van der Waals surface area contributed by atoms with Crippen molar-refractivity contribution in [3.8, 4) is 0 Å². The summed E-state index contributed by atoms with van der Waals surface area (Å²) in [6, 6.07) is 0. The molecule has 2 aliphatic carbocycles. The molecule has 0 aromatic heterocycles. The first-order valence-corrected chi connectivity index (χ1v) is 6.49. The third-order valence-electron chi connectivity index (χ3n) is 3.18. The van der Waals surface area contributed by atoms with E-state index in [0.29, 0.717) is 5.92 Å². The summed E-state index contributed by atoms with van der Waals surface area (Å²) in [6.45, 7) is 4.51. The second kappa shape index (κ2) is 16.1. The molecule has 0 heterocycles. The van der Waals surface area contributed by atoms with Gasteiger partial charge in [-0.1, -0.05) is 45.4 Å². The molecule has 0 radical (unpaired) electrons. The van der Waals surface area contributed by atoms with Crippen molar-refractivity contribution >= 4 is 0 Å². The van der Waals surface area contributed by atoms with Crippen molar-refractivity contribution in [2.24, 2.45) is 5.92 Å². The smallest absolute Gasteiger partial charge is 0.0319 e. The van der Waals surface area contributed by atoms with Crippen LogP contribution in [0.3, 0.4) is 0 Å². The Balaban J connectivity index is -0.000000325. The molecule has 0 bridgehead atoms. The summed E-state index contributed by atoms with van der Waals surface area (Å²) in [7, 11) is 3.00. The van der Waals surface area contributed by atoms with Crippen LogP contribution in [0.5, 0.6) is 0 Å². The molecule has 1 unspecified atom stereocenters. The maximum atomic E-state index is 7.00. The van der Waals surface area contributed by atoms with E-state index in [0.717, 1.165) is 21.3 Å². The van der Waals surface area contributed by atoms with Gasteiger partial charge in [-0.15, -0.1) is 0 Å². The van der Waals surface area contributed by atoms with Crippen LogP contribution in [0.25, 0.3) is 0 Å². The van der Waals surface area contributed by atoms with Gasteiger partial charge in [0.05, 0.1) is 0 Å². The summed E-state index contributed by atoms with van der Waals surface area (Å²) in [5.41, 5.74) is 4.84. The molecule has 112 valence electrons. The molecule has 0 aliphatic heterocycles. The molecule has 0 spiro atoms. The van der Waals surface area contributed by atoms with Crippen molar-refractivity contribution < 1.29 is 37.0 Å². The fraction of sp³-hybridized carbons (Fsp3) is 0.733. The van der Waals surface area contributed by atoms with Crippen molar-refractivity contribution in [1.82, 2.24) is 0 Å². The van der Waals surface area contributed by atoms with Gasteiger partial charge < -0.3 is 15.3 Å². The predicted octanol–water partition coefficient (Wildman–Crippen LogP) is 2.47. The first-order chi connectivity index (χ1) is 8.83. The fourth-order valence-corrected chi connectivity index (χ4v) is 2.53. The number of aliphatic hydroxyl groups is 3. The molecule has 3 nitrogen and oxygen atoms in total. The third-order valence-corrected chi connectivity index (χ3v) is 3.18. The number of rotatable bonds is 1. The normalized spacial score (nSPS) is 19.2. The summed E-state index contributed by atoms with van der Waals surface area (Å²) >= 11 is 0. The van der Waals surface area contributed by atoms with Crippen LogP contribution in [0, 0.1) is 12.0 Å². The zero-order valence-electron chi connectivity index (χ0n) is 13.0. The molecule has 1 atom stereocenters. The molecule has 3 N–H and O–H groups in total. The summed E-state index contributed by atoms with van der Waals surface area (Å²) < 4.78 is 0. The topological polar surface area (TPSA) is 60.7 Å². The molecule has 0 aromatic carbocycles. The van der Waals surface area contributed by atoms with Crippen LogP contribution in [0.4, 0.5) is 0 Å². The van der Waals surface area contributed by atoms with Gasteiger partial charge in [0.2, 0.25) is 0 Å². The second-order valence-electron chi connectivity index (χ2n) is 3.94. The SMILES string of the molecule is CCC1[C-]=C(C)C2=C1CCCC2.CO.CO.CO.[Ti]. The van der Waals surface area contributed by atoms with Gasteiger partial charge in [-0.25, -0.2) is 5.57 Å². The Hall–Kier alpha value is 0.0743. The van der Waals surface area contributed by atoms with Crippen molar-refractivity contribution in [3.63, 3.8) is 0 Å². The minimum Gasteiger partial charge on any atom is -0.400 e. The summed E-state index contributed by atoms with van der Waals surface area (Å²) in [5, 5.41) is 21.0. The van der Waals surface area contributed by atoms with Gasteiger partial charge in [0.25, 0.3) is 0 Å². The van der Waals surface area contributed by atoms with E-state index in [4.69, 9.17) is 15.3 Å². The maximum absolute atomic E-state index is 7.00. The van der Waals surface area contributed by atoms with Gasteiger partial charge in [0, 0.05) is 43.0 Å². The predicted molar refractivity (Wildman–Crippen MR) is 76.1 cm³/mol. The Labute approximate surface area is 133 Å². The van der Waals surface area contributed by atoms with E-state index in [9.17, 15) is 0 Å². The number of hydrogen-bond donors (Lipinski definition) is 3. The van der Waals surface area contributed by atoms with Gasteiger partial charge in [-0.05, 0) is 6.42 Å². The van der Waals surface area contributed by atoms with Crippen molar-refractivity contribution in [3.05, 3.63) is 22.8 Å². The minimum atomic E-state index is 0. The summed E-state index contributed by atoms with van der Waals surface area (Å²) in [6.07, 6.45) is 10.3. The zero-order chi connectivity index (χ0) is 14.6. The monoisotopic (exact) mass is 305 g/mol. The second-order valence-corrected chi connectivity index (χ2v) is 3.94. The molecule has 0 aromatic rings. The Morgan fingerprint density at radius 3 is 1.95 bits per heavy atom. The molecule has 0 amide bonds. The molecule has 4 heteroatoms. The summed E-state index contributed by atoms with van der Waals surface area (Å²) in [5.74, 6) is 0.681. The average Bonchev–Trinajstić information content (AvgIpc) is 2.82. The van der Waals surface area contributed by atoms with Crippen LogP contribution in [-0.2, 0) is 21.7 Å². The average molecular weight is 305 g/mol. The van der Waals surface area contributed by atoms with Crippen LogP contribution >= 0.6 is 0 Å². The van der Waals surface area contributed by atoms with Crippen molar-refractivity contribution in [1.29, 1.82) is 0 Å². The Morgan fingerprint density at radius 1 is 1.00 bits per heavy atom. The fourth-order valence-electron chi connectivity index (χ4n) is 2.53. The van der Waals surface area contributed by atoms with Gasteiger partial charge in [-0.3, -0.25) is 6.08 Å². The molecule has 0 saturated heterocycles. The van der Waals surface area contributed by atoms with E-state index < -0.39 is 0 Å². The molecule has 2 rings (SSSR count). The van der Waals surface area contributed by atoms with Gasteiger partial charge in [0.1, 0.15) is 0 Å². The first-order valence-electron chi connectivity index (χ1n) is 6.49. The van der Waals surface area contributed by atoms with E-state index in [-0.39, 0.29) is 21.7 Å². The quantitative estimate of drug-likeness (QED) is 0.515. The van der Waals surface area contributed by atoms with E-state index in [1.165, 1.54) is 37.7 Å². The minimum absolute atomic E-state index is 0. The molecule has 19 heavy (non-hydrogen) atoms. The van der Waals surface area contributed by atoms with Gasteiger partial charge in [-0.2, -0.15) is 11.1 Å². The number of aliphatic hydroxyl groups excluding tert-OH is 3. The zero-order valence-corrected chi connectivity index (χ0v) is 14.5. The molecule has 0 fully saturated rings. The van der Waals surface area contributed by atoms with E-state index in [1.807, 2.05) is 0 Å². The van der Waals surface area contributed by atoms with E-state index in [1.54, 1.807) is 11.1 Å². The Kier molecular flexibility index (Phi) is 20.5. The summed E-state index contributed by atoms with van der Waals surface area (Å²) in [4.78, 5) is 0. The molecule has 0 saturated carbocycles. The maximum Gasteiger partial charge on any atom is 0.0319 e. The van der Waals surface area contributed by atoms with Crippen LogP contribution in [-0.4, -0.2) is 36.6 Å². The van der Waals surface area contributed by atoms with E-state index in [2.05, 4.69) is 19.9 Å². The first kappa shape index (κ1) is 24.1. The number of hydrogen-bond acceptors (Lipinski definition) is 3. The third kappa shape index (κ3) is 7.43. The van der Waals surface area contributed by atoms with Crippen LogP contribution in [0.1, 0.15) is 46.0 Å². The van der Waals surface area contributed by atoms with Gasteiger partial charge in [0.15, 0.2) is 0 Å². The Morgan fingerprint density at radius 2 is 1.47 bits per heavy atom. The van der Waals surface area contributed by atoms with E-state index >= 15 is 0 Å². The molecular weight excluding hydrogens is 276 g/mol. The van der Waals surface area contributed by atoms with Crippen molar-refractivity contribution in [2.45, 2.75) is 46.0 Å². The van der Waals surface area contributed by atoms with Crippen LogP contribution in [0.15, 0.2) is 16.7 Å². The standard InChI is InChI=1S/C12H17.3CH4O.Ti/c1-3-10-8-9(2)11-6-4-5-7-12(10)11;3*1-2;/h10H,3-7H2,1-2H3;3*2H,1H3;/q-1;;;;. The Bertz CT molecular complexity index is 260. The van der Waals surface area contributed by atoms with Crippen LogP contribution in [0.2, 0.25) is 0 Å². The van der Waals surface area contributed by atoms with Crippen LogP contribution < -0.4 is 0 Å². The largest absolute Gasteiger partial charge is 0.400 e.